The van der Waals surface area contributed by atoms with Crippen LogP contribution in [0.15, 0.2) is 36.5 Å². The van der Waals surface area contributed by atoms with Gasteiger partial charge in [0.2, 0.25) is 0 Å². The van der Waals surface area contributed by atoms with E-state index >= 15 is 0 Å². The Kier molecular flexibility index (Phi) is 47.9. The molecule has 0 aliphatic rings. The van der Waals surface area contributed by atoms with Crippen LogP contribution in [0.5, 0.6) is 0 Å². The highest BCUT2D eigenvalue weighted by atomic mass is 16.6. The van der Waals surface area contributed by atoms with E-state index in [9.17, 15) is 14.7 Å². The number of hydrogen-bond donors (Lipinski definition) is 1. The highest BCUT2D eigenvalue weighted by molar-refractivity contribution is 5.70. The number of esters is 2. The summed E-state index contributed by atoms with van der Waals surface area (Å²) < 4.78 is 10.7. The molecule has 0 saturated heterocycles. The molecule has 1 unspecified atom stereocenters. The zero-order valence-corrected chi connectivity index (χ0v) is 38.8. The third-order valence-corrected chi connectivity index (χ3v) is 11.4. The van der Waals surface area contributed by atoms with Crippen molar-refractivity contribution in [1.82, 2.24) is 0 Å². The van der Waals surface area contributed by atoms with Gasteiger partial charge in [0.15, 0.2) is 6.10 Å². The molecule has 58 heavy (non-hydrogen) atoms. The van der Waals surface area contributed by atoms with Crippen LogP contribution in [0.25, 0.3) is 0 Å². The van der Waals surface area contributed by atoms with E-state index in [0.29, 0.717) is 12.8 Å². The summed E-state index contributed by atoms with van der Waals surface area (Å²) in [5, 5.41) is 9.61. The quantitative estimate of drug-likeness (QED) is 0.0376. The molecule has 0 radical (unpaired) electrons. The molecule has 0 bridgehead atoms. The second kappa shape index (κ2) is 49.5. The zero-order chi connectivity index (χ0) is 42.1. The Hall–Kier alpha value is -1.88. The minimum absolute atomic E-state index is 0.0667. The van der Waals surface area contributed by atoms with Crippen LogP contribution in [0.4, 0.5) is 0 Å². The Morgan fingerprint density at radius 1 is 0.397 bits per heavy atom. The number of allylic oxidation sites excluding steroid dienone is 6. The maximum Gasteiger partial charge on any atom is 0.306 e. The molecule has 1 atom stereocenters. The van der Waals surface area contributed by atoms with Crippen LogP contribution in [-0.2, 0) is 19.1 Å². The first-order chi connectivity index (χ1) is 28.6. The first kappa shape index (κ1) is 56.1. The van der Waals surface area contributed by atoms with Crippen LogP contribution in [0.2, 0.25) is 0 Å². The van der Waals surface area contributed by atoms with Gasteiger partial charge < -0.3 is 14.6 Å². The van der Waals surface area contributed by atoms with Gasteiger partial charge in [-0.2, -0.15) is 0 Å². The monoisotopic (exact) mass is 815 g/mol. The zero-order valence-electron chi connectivity index (χ0n) is 38.8. The number of aliphatic hydroxyl groups excluding tert-OH is 1. The predicted octanol–water partition coefficient (Wildman–Crippen LogP) is 16.7. The Bertz CT molecular complexity index is 924. The molecule has 5 nitrogen and oxygen atoms in total. The van der Waals surface area contributed by atoms with Crippen molar-refractivity contribution in [1.29, 1.82) is 0 Å². The molecule has 0 aliphatic carbocycles. The highest BCUT2D eigenvalue weighted by Gasteiger charge is 2.16. The summed E-state index contributed by atoms with van der Waals surface area (Å²) in [6.07, 6.45) is 62.4. The predicted molar refractivity (Wildman–Crippen MR) is 251 cm³/mol. The van der Waals surface area contributed by atoms with Gasteiger partial charge in [0, 0.05) is 12.8 Å². The Morgan fingerprint density at radius 2 is 0.690 bits per heavy atom. The fourth-order valence-corrected chi connectivity index (χ4v) is 7.52. The topological polar surface area (TPSA) is 72.8 Å². The van der Waals surface area contributed by atoms with Crippen LogP contribution >= 0.6 is 0 Å². The summed E-state index contributed by atoms with van der Waals surface area (Å²) >= 11 is 0. The number of rotatable bonds is 47. The number of carbonyl (C=O) groups excluding carboxylic acids is 2. The Balaban J connectivity index is 3.45. The maximum absolute atomic E-state index is 12.3. The molecule has 340 valence electrons. The molecule has 0 fully saturated rings. The summed E-state index contributed by atoms with van der Waals surface area (Å²) in [6.45, 7) is 4.14. The van der Waals surface area contributed by atoms with Crippen LogP contribution in [0, 0.1) is 0 Å². The van der Waals surface area contributed by atoms with Crippen molar-refractivity contribution in [3.8, 4) is 0 Å². The SMILES string of the molecule is CCCCCCC/C=C\C/C=C\CCCCCCCCCCCCCCCCCCCC(=O)OC(CO)COC(=O)CCCCCCC/C=C\CCCCCCCC. The van der Waals surface area contributed by atoms with Gasteiger partial charge in [-0.3, -0.25) is 9.59 Å². The van der Waals surface area contributed by atoms with Crippen molar-refractivity contribution in [3.05, 3.63) is 36.5 Å². The molecule has 0 rings (SSSR count). The minimum Gasteiger partial charge on any atom is -0.462 e. The molecule has 1 N–H and O–H groups in total. The average molecular weight is 815 g/mol. The summed E-state index contributed by atoms with van der Waals surface area (Å²) in [5.41, 5.74) is 0. The summed E-state index contributed by atoms with van der Waals surface area (Å²) in [7, 11) is 0. The summed E-state index contributed by atoms with van der Waals surface area (Å²) in [6, 6.07) is 0. The first-order valence-corrected chi connectivity index (χ1v) is 25.5. The molecule has 0 aromatic heterocycles. The van der Waals surface area contributed by atoms with E-state index in [-0.39, 0.29) is 25.2 Å². The van der Waals surface area contributed by atoms with Crippen molar-refractivity contribution in [2.75, 3.05) is 13.2 Å². The van der Waals surface area contributed by atoms with Gasteiger partial charge in [-0.1, -0.05) is 224 Å². The smallest absolute Gasteiger partial charge is 0.306 e. The van der Waals surface area contributed by atoms with Crippen molar-refractivity contribution in [3.63, 3.8) is 0 Å². The minimum atomic E-state index is -0.772. The van der Waals surface area contributed by atoms with Crippen molar-refractivity contribution in [2.24, 2.45) is 0 Å². The molecule has 0 saturated carbocycles. The van der Waals surface area contributed by atoms with Crippen molar-refractivity contribution < 1.29 is 24.2 Å². The van der Waals surface area contributed by atoms with E-state index < -0.39 is 6.10 Å². The van der Waals surface area contributed by atoms with E-state index in [0.717, 1.165) is 51.4 Å². The first-order valence-electron chi connectivity index (χ1n) is 25.5. The molecule has 0 aromatic rings. The lowest BCUT2D eigenvalue weighted by molar-refractivity contribution is -0.161. The fourth-order valence-electron chi connectivity index (χ4n) is 7.52. The molecule has 0 heterocycles. The molecule has 0 spiro atoms. The lowest BCUT2D eigenvalue weighted by Crippen LogP contribution is -2.28. The van der Waals surface area contributed by atoms with Crippen LogP contribution < -0.4 is 0 Å². The lowest BCUT2D eigenvalue weighted by atomic mass is 10.0. The van der Waals surface area contributed by atoms with Gasteiger partial charge in [-0.05, 0) is 70.6 Å². The third-order valence-electron chi connectivity index (χ3n) is 11.4. The Morgan fingerprint density at radius 3 is 1.03 bits per heavy atom. The normalized spacial score (nSPS) is 12.4. The van der Waals surface area contributed by atoms with E-state index in [1.165, 1.54) is 193 Å². The number of ether oxygens (including phenoxy) is 2. The van der Waals surface area contributed by atoms with Gasteiger partial charge in [-0.15, -0.1) is 0 Å². The van der Waals surface area contributed by atoms with Crippen LogP contribution in [0.3, 0.4) is 0 Å². The average Bonchev–Trinajstić information content (AvgIpc) is 3.23. The summed E-state index contributed by atoms with van der Waals surface area (Å²) in [5.74, 6) is -0.589. The van der Waals surface area contributed by atoms with Crippen molar-refractivity contribution in [2.45, 2.75) is 277 Å². The maximum atomic E-state index is 12.3. The van der Waals surface area contributed by atoms with Crippen LogP contribution in [-0.4, -0.2) is 36.4 Å². The second-order valence-corrected chi connectivity index (χ2v) is 17.2. The molecule has 0 aliphatic heterocycles. The number of unbranched alkanes of at least 4 members (excludes halogenated alkanes) is 33. The second-order valence-electron chi connectivity index (χ2n) is 17.2. The van der Waals surface area contributed by atoms with Gasteiger partial charge in [0.1, 0.15) is 6.61 Å². The van der Waals surface area contributed by atoms with E-state index in [1.54, 1.807) is 0 Å². The number of aliphatic hydroxyl groups is 1. The molecule has 5 heteroatoms. The largest absolute Gasteiger partial charge is 0.462 e. The fraction of sp³-hybridized carbons (Fsp3) is 0.849. The van der Waals surface area contributed by atoms with Crippen molar-refractivity contribution >= 4 is 11.9 Å². The summed E-state index contributed by atoms with van der Waals surface area (Å²) in [4.78, 5) is 24.4. The van der Waals surface area contributed by atoms with E-state index in [1.807, 2.05) is 0 Å². The standard InChI is InChI=1S/C53H98O5/c1-3-5-7-9-11-13-15-17-19-20-21-22-23-24-25-26-27-28-29-30-31-32-34-36-38-40-42-44-46-48-53(56)58-51(49-54)50-57-52(55)47-45-43-41-39-37-35-33-18-16-14-12-10-8-6-4-2/h15,17-18,20-21,33,51,54H,3-14,16,19,22-32,34-50H2,1-2H3/b17-15-,21-20-,33-18-. The molecular formula is C53H98O5. The van der Waals surface area contributed by atoms with Crippen LogP contribution in [0.1, 0.15) is 271 Å². The van der Waals surface area contributed by atoms with Gasteiger partial charge in [-0.25, -0.2) is 0 Å². The number of hydrogen-bond acceptors (Lipinski definition) is 5. The lowest BCUT2D eigenvalue weighted by Gasteiger charge is -2.15. The van der Waals surface area contributed by atoms with Gasteiger partial charge >= 0.3 is 11.9 Å². The molecule has 0 aromatic carbocycles. The van der Waals surface area contributed by atoms with E-state index in [4.69, 9.17) is 9.47 Å². The van der Waals surface area contributed by atoms with E-state index in [2.05, 4.69) is 50.3 Å². The molecule has 0 amide bonds. The molecular weight excluding hydrogens is 717 g/mol. The third kappa shape index (κ3) is 46.8. The highest BCUT2D eigenvalue weighted by Crippen LogP contribution is 2.16. The van der Waals surface area contributed by atoms with Gasteiger partial charge in [0.05, 0.1) is 6.61 Å². The van der Waals surface area contributed by atoms with Gasteiger partial charge in [0.25, 0.3) is 0 Å². The number of carbonyl (C=O) groups is 2. The Labute approximate surface area is 361 Å².